The van der Waals surface area contributed by atoms with E-state index in [0.717, 1.165) is 0 Å². The molecule has 0 aromatic carbocycles. The van der Waals surface area contributed by atoms with Gasteiger partial charge in [0.15, 0.2) is 0 Å². The summed E-state index contributed by atoms with van der Waals surface area (Å²) in [5, 5.41) is 7.63. The van der Waals surface area contributed by atoms with Gasteiger partial charge in [0.25, 0.3) is 0 Å². The molecule has 50 valence electrons. The summed E-state index contributed by atoms with van der Waals surface area (Å²) in [6.07, 6.45) is -4.64. The van der Waals surface area contributed by atoms with Gasteiger partial charge in [-0.1, -0.05) is 0 Å². The maximum Gasteiger partial charge on any atom is 0.483 e. The SMILES string of the molecule is CC(C)OC(O)(F)F. The highest BCUT2D eigenvalue weighted by molar-refractivity contribution is 4.35. The minimum atomic E-state index is -3.98. The zero-order chi connectivity index (χ0) is 6.78. The van der Waals surface area contributed by atoms with Gasteiger partial charge in [0.05, 0.1) is 6.10 Å². The third kappa shape index (κ3) is 5.78. The van der Waals surface area contributed by atoms with Crippen LogP contribution in [0.1, 0.15) is 13.8 Å². The molecule has 0 atom stereocenters. The van der Waals surface area contributed by atoms with Crippen molar-refractivity contribution in [3.05, 3.63) is 0 Å². The Morgan fingerprint density at radius 2 is 1.88 bits per heavy atom. The maximum absolute atomic E-state index is 11.3. The molecule has 0 aliphatic heterocycles. The molecule has 8 heavy (non-hydrogen) atoms. The number of aliphatic hydroxyl groups is 1. The highest BCUT2D eigenvalue weighted by Crippen LogP contribution is 2.11. The zero-order valence-electron chi connectivity index (χ0n) is 4.69. The Morgan fingerprint density at radius 3 is 1.88 bits per heavy atom. The molecule has 2 nitrogen and oxygen atoms in total. The van der Waals surface area contributed by atoms with E-state index in [2.05, 4.69) is 4.74 Å². The molecule has 4 heteroatoms. The lowest BCUT2D eigenvalue weighted by molar-refractivity contribution is -0.382. The van der Waals surface area contributed by atoms with Crippen molar-refractivity contribution in [3.63, 3.8) is 0 Å². The van der Waals surface area contributed by atoms with Gasteiger partial charge in [-0.25, -0.2) is 0 Å². The molecule has 0 aromatic heterocycles. The van der Waals surface area contributed by atoms with Gasteiger partial charge in [0, 0.05) is 0 Å². The molecule has 0 rings (SSSR count). The molecule has 0 aliphatic rings. The minimum Gasteiger partial charge on any atom is -0.311 e. The molecule has 0 unspecified atom stereocenters. The number of halogens is 2. The minimum absolute atomic E-state index is 0.657. The predicted octanol–water partition coefficient (Wildman–Crippen LogP) is 0.954. The van der Waals surface area contributed by atoms with Gasteiger partial charge >= 0.3 is 6.29 Å². The third-order valence-electron chi connectivity index (χ3n) is 0.377. The second-order valence-corrected chi connectivity index (χ2v) is 1.65. The highest BCUT2D eigenvalue weighted by Gasteiger charge is 2.26. The largest absolute Gasteiger partial charge is 0.483 e. The van der Waals surface area contributed by atoms with Crippen molar-refractivity contribution in [1.29, 1.82) is 0 Å². The molecule has 0 amide bonds. The maximum atomic E-state index is 11.3. The third-order valence-corrected chi connectivity index (χ3v) is 0.377. The lowest BCUT2D eigenvalue weighted by atomic mass is 10.5. The van der Waals surface area contributed by atoms with Crippen LogP contribution in [0.25, 0.3) is 0 Å². The summed E-state index contributed by atoms with van der Waals surface area (Å²) in [5.74, 6) is 0. The molecule has 0 aliphatic carbocycles. The lowest BCUT2D eigenvalue weighted by Crippen LogP contribution is -2.23. The van der Waals surface area contributed by atoms with Gasteiger partial charge < -0.3 is 5.11 Å². The smallest absolute Gasteiger partial charge is 0.311 e. The number of rotatable bonds is 2. The van der Waals surface area contributed by atoms with Crippen molar-refractivity contribution in [3.8, 4) is 0 Å². The fourth-order valence-corrected chi connectivity index (χ4v) is 0.284. The molecular weight excluding hydrogens is 118 g/mol. The molecule has 0 saturated heterocycles. The van der Waals surface area contributed by atoms with Crippen molar-refractivity contribution in [2.45, 2.75) is 26.2 Å². The summed E-state index contributed by atoms with van der Waals surface area (Å²) in [6.45, 7) is 2.81. The Labute approximate surface area is 46.1 Å². The summed E-state index contributed by atoms with van der Waals surface area (Å²) < 4.78 is 26.3. The summed E-state index contributed by atoms with van der Waals surface area (Å²) in [6, 6.07) is 0. The molecule has 0 spiro atoms. The molecule has 0 saturated carbocycles. The molecule has 0 heterocycles. The van der Waals surface area contributed by atoms with Gasteiger partial charge in [-0.05, 0) is 13.8 Å². The number of alkyl halides is 2. The van der Waals surface area contributed by atoms with Gasteiger partial charge in [0.2, 0.25) is 0 Å². The Bertz CT molecular complexity index is 66.9. The Kier molecular flexibility index (Phi) is 2.30. The Hall–Kier alpha value is -0.220. The van der Waals surface area contributed by atoms with Crippen molar-refractivity contribution in [2.24, 2.45) is 0 Å². The first-order chi connectivity index (χ1) is 3.42. The first-order valence-corrected chi connectivity index (χ1v) is 2.20. The van der Waals surface area contributed by atoms with Crippen molar-refractivity contribution >= 4 is 0 Å². The Balaban J connectivity index is 3.39. The fraction of sp³-hybridized carbons (Fsp3) is 1.00. The van der Waals surface area contributed by atoms with Crippen LogP contribution in [0.5, 0.6) is 0 Å². The lowest BCUT2D eigenvalue weighted by Gasteiger charge is -2.11. The van der Waals surface area contributed by atoms with Crippen LogP contribution in [-0.2, 0) is 4.74 Å². The molecular formula is C4H8F2O2. The van der Waals surface area contributed by atoms with Gasteiger partial charge in [-0.2, -0.15) is 0 Å². The summed E-state index contributed by atoms with van der Waals surface area (Å²) >= 11 is 0. The quantitative estimate of drug-likeness (QED) is 0.558. The van der Waals surface area contributed by atoms with Crippen LogP contribution < -0.4 is 0 Å². The number of hydrogen-bond donors (Lipinski definition) is 1. The first kappa shape index (κ1) is 7.78. The average Bonchev–Trinajstić information content (AvgIpc) is 1.21. The molecule has 1 N–H and O–H groups in total. The predicted molar refractivity (Wildman–Crippen MR) is 23.4 cm³/mol. The van der Waals surface area contributed by atoms with E-state index >= 15 is 0 Å². The number of hydrogen-bond acceptors (Lipinski definition) is 2. The highest BCUT2D eigenvalue weighted by atomic mass is 19.3. The van der Waals surface area contributed by atoms with E-state index < -0.39 is 12.4 Å². The summed E-state index contributed by atoms with van der Waals surface area (Å²) in [5.41, 5.74) is 0. The average molecular weight is 126 g/mol. The van der Waals surface area contributed by atoms with E-state index in [1.807, 2.05) is 0 Å². The normalized spacial score (nSPS) is 12.8. The van der Waals surface area contributed by atoms with Crippen molar-refractivity contribution < 1.29 is 18.6 Å². The topological polar surface area (TPSA) is 29.5 Å². The summed E-state index contributed by atoms with van der Waals surface area (Å²) in [7, 11) is 0. The fourth-order valence-electron chi connectivity index (χ4n) is 0.284. The monoisotopic (exact) mass is 126 g/mol. The Morgan fingerprint density at radius 1 is 1.50 bits per heavy atom. The van der Waals surface area contributed by atoms with Crippen molar-refractivity contribution in [2.75, 3.05) is 0 Å². The summed E-state index contributed by atoms with van der Waals surface area (Å²) in [4.78, 5) is 0. The first-order valence-electron chi connectivity index (χ1n) is 2.20. The van der Waals surface area contributed by atoms with Crippen LogP contribution in [0, 0.1) is 0 Å². The molecule has 0 fully saturated rings. The van der Waals surface area contributed by atoms with Crippen LogP contribution in [0.2, 0.25) is 0 Å². The van der Waals surface area contributed by atoms with E-state index in [1.54, 1.807) is 0 Å². The van der Waals surface area contributed by atoms with Gasteiger partial charge in [-0.15, -0.1) is 8.78 Å². The van der Waals surface area contributed by atoms with E-state index in [4.69, 9.17) is 5.11 Å². The number of ether oxygens (including phenoxy) is 1. The van der Waals surface area contributed by atoms with E-state index in [0.29, 0.717) is 0 Å². The zero-order valence-corrected chi connectivity index (χ0v) is 4.69. The van der Waals surface area contributed by atoms with Gasteiger partial charge in [0.1, 0.15) is 0 Å². The molecule has 0 radical (unpaired) electrons. The van der Waals surface area contributed by atoms with Gasteiger partial charge in [-0.3, -0.25) is 4.74 Å². The molecule has 0 bridgehead atoms. The second kappa shape index (κ2) is 2.37. The van der Waals surface area contributed by atoms with Crippen LogP contribution in [0.15, 0.2) is 0 Å². The van der Waals surface area contributed by atoms with E-state index in [1.165, 1.54) is 13.8 Å². The van der Waals surface area contributed by atoms with E-state index in [9.17, 15) is 8.78 Å². The van der Waals surface area contributed by atoms with E-state index in [-0.39, 0.29) is 0 Å². The van der Waals surface area contributed by atoms with Crippen LogP contribution >= 0.6 is 0 Å². The van der Waals surface area contributed by atoms with Crippen LogP contribution in [0.3, 0.4) is 0 Å². The van der Waals surface area contributed by atoms with Crippen LogP contribution in [-0.4, -0.2) is 17.5 Å². The van der Waals surface area contributed by atoms with Crippen molar-refractivity contribution in [1.82, 2.24) is 0 Å². The standard InChI is InChI=1S/C4H8F2O2/c1-3(2)8-4(5,6)7/h3,7H,1-2H3. The molecule has 0 aromatic rings. The second-order valence-electron chi connectivity index (χ2n) is 1.65. The van der Waals surface area contributed by atoms with Crippen LogP contribution in [0.4, 0.5) is 8.78 Å².